The van der Waals surface area contributed by atoms with E-state index in [2.05, 4.69) is 22.3 Å². The van der Waals surface area contributed by atoms with Crippen molar-refractivity contribution < 1.29 is 14.3 Å². The molecule has 0 bridgehead atoms. The Labute approximate surface area is 173 Å². The number of hydrogen-bond acceptors (Lipinski definition) is 6. The largest absolute Gasteiger partial charge is 0.497 e. The Kier molecular flexibility index (Phi) is 3.32. The summed E-state index contributed by atoms with van der Waals surface area (Å²) in [6.45, 7) is 7.77. The number of hydrogen-bond donors (Lipinski definition) is 2. The number of aromatic nitrogens is 2. The van der Waals surface area contributed by atoms with Gasteiger partial charge in [-0.2, -0.15) is 5.26 Å². The molecule has 0 saturated carbocycles. The minimum Gasteiger partial charge on any atom is -0.497 e. The Balaban J connectivity index is 2.01. The first-order valence-electron chi connectivity index (χ1n) is 9.59. The van der Waals surface area contributed by atoms with Gasteiger partial charge in [0.15, 0.2) is 0 Å². The SMILES string of the molecule is COc1cc2c3c(c1)C1(C(=O)N3C(C)(C)C=C2C)C(C#N)=C(N)Oc2n[nH]c(C)c21. The molecule has 0 fully saturated rings. The molecule has 1 atom stereocenters. The topological polar surface area (TPSA) is 117 Å². The average Bonchev–Trinajstić information content (AvgIpc) is 3.17. The molecule has 1 unspecified atom stereocenters. The van der Waals surface area contributed by atoms with Crippen molar-refractivity contribution in [3.63, 3.8) is 0 Å². The molecule has 0 aliphatic carbocycles. The van der Waals surface area contributed by atoms with Gasteiger partial charge in [-0.1, -0.05) is 6.08 Å². The van der Waals surface area contributed by atoms with E-state index in [1.165, 1.54) is 0 Å². The number of nitrogens with zero attached hydrogens (tertiary/aromatic N) is 3. The summed E-state index contributed by atoms with van der Waals surface area (Å²) in [7, 11) is 1.58. The summed E-state index contributed by atoms with van der Waals surface area (Å²) < 4.78 is 11.2. The quantitative estimate of drug-likeness (QED) is 0.756. The average molecular weight is 403 g/mol. The molecule has 5 rings (SSSR count). The van der Waals surface area contributed by atoms with E-state index < -0.39 is 11.0 Å². The van der Waals surface area contributed by atoms with E-state index in [0.717, 1.165) is 16.8 Å². The zero-order valence-electron chi connectivity index (χ0n) is 17.4. The predicted molar refractivity (Wildman–Crippen MR) is 110 cm³/mol. The number of nitriles is 1. The van der Waals surface area contributed by atoms with Crippen molar-refractivity contribution in [3.8, 4) is 17.7 Å². The molecular formula is C22H21N5O3. The second-order valence-corrected chi connectivity index (χ2v) is 8.42. The van der Waals surface area contributed by atoms with Crippen molar-refractivity contribution in [2.75, 3.05) is 12.0 Å². The van der Waals surface area contributed by atoms with Gasteiger partial charge in [0.05, 0.1) is 23.9 Å². The maximum atomic E-state index is 14.3. The van der Waals surface area contributed by atoms with Gasteiger partial charge in [0, 0.05) is 16.8 Å². The van der Waals surface area contributed by atoms with Gasteiger partial charge >= 0.3 is 0 Å². The molecular weight excluding hydrogens is 382 g/mol. The number of fused-ring (bicyclic) bond motifs is 3. The Hall–Kier alpha value is -3.73. The minimum atomic E-state index is -1.46. The number of anilines is 1. The highest BCUT2D eigenvalue weighted by Crippen LogP contribution is 2.60. The number of H-pyrrole nitrogens is 1. The lowest BCUT2D eigenvalue weighted by Crippen LogP contribution is -2.53. The van der Waals surface area contributed by atoms with E-state index in [4.69, 9.17) is 15.2 Å². The molecule has 3 aliphatic rings. The second kappa shape index (κ2) is 5.45. The van der Waals surface area contributed by atoms with E-state index in [1.807, 2.05) is 32.9 Å². The summed E-state index contributed by atoms with van der Waals surface area (Å²) in [6, 6.07) is 5.89. The molecule has 152 valence electrons. The zero-order valence-corrected chi connectivity index (χ0v) is 17.4. The Bertz CT molecular complexity index is 1260. The number of aromatic amines is 1. The molecule has 1 spiro atoms. The van der Waals surface area contributed by atoms with Crippen molar-refractivity contribution in [1.82, 2.24) is 10.2 Å². The Morgan fingerprint density at radius 1 is 1.33 bits per heavy atom. The monoisotopic (exact) mass is 403 g/mol. The van der Waals surface area contributed by atoms with Crippen LogP contribution in [0, 0.1) is 18.3 Å². The van der Waals surface area contributed by atoms with Crippen molar-refractivity contribution in [2.45, 2.75) is 38.6 Å². The fourth-order valence-electron chi connectivity index (χ4n) is 5.17. The fourth-order valence-corrected chi connectivity index (χ4v) is 5.17. The van der Waals surface area contributed by atoms with E-state index >= 15 is 0 Å². The summed E-state index contributed by atoms with van der Waals surface area (Å²) >= 11 is 0. The summed E-state index contributed by atoms with van der Waals surface area (Å²) in [5.74, 6) is 0.421. The summed E-state index contributed by atoms with van der Waals surface area (Å²) in [5, 5.41) is 17.2. The van der Waals surface area contributed by atoms with Crippen molar-refractivity contribution >= 4 is 17.2 Å². The first-order chi connectivity index (χ1) is 14.2. The molecule has 3 N–H and O–H groups in total. The lowest BCUT2D eigenvalue weighted by atomic mass is 9.68. The molecule has 4 heterocycles. The first-order valence-corrected chi connectivity index (χ1v) is 9.59. The van der Waals surface area contributed by atoms with Gasteiger partial charge in [-0.15, -0.1) is 5.10 Å². The van der Waals surface area contributed by atoms with Gasteiger partial charge in [0.1, 0.15) is 22.8 Å². The normalized spacial score (nSPS) is 23.0. The molecule has 8 nitrogen and oxygen atoms in total. The molecule has 30 heavy (non-hydrogen) atoms. The Morgan fingerprint density at radius 3 is 2.73 bits per heavy atom. The molecule has 1 amide bonds. The first kappa shape index (κ1) is 18.3. The van der Waals surface area contributed by atoms with Crippen LogP contribution in [0.3, 0.4) is 0 Å². The van der Waals surface area contributed by atoms with Crippen LogP contribution >= 0.6 is 0 Å². The number of ether oxygens (including phenoxy) is 2. The maximum Gasteiger partial charge on any atom is 0.248 e. The van der Waals surface area contributed by atoms with Gasteiger partial charge in [-0.25, -0.2) is 0 Å². The molecule has 2 aromatic rings. The van der Waals surface area contributed by atoms with Crippen LogP contribution in [0.4, 0.5) is 5.69 Å². The zero-order chi connectivity index (χ0) is 21.6. The van der Waals surface area contributed by atoms with Crippen molar-refractivity contribution in [2.24, 2.45) is 5.73 Å². The smallest absolute Gasteiger partial charge is 0.248 e. The molecule has 1 aromatic heterocycles. The maximum absolute atomic E-state index is 14.3. The molecule has 8 heteroatoms. The summed E-state index contributed by atoms with van der Waals surface area (Å²) in [4.78, 5) is 16.1. The van der Waals surface area contributed by atoms with Gasteiger partial charge in [0.2, 0.25) is 17.7 Å². The highest BCUT2D eigenvalue weighted by atomic mass is 16.5. The number of nitrogens with two attached hydrogens (primary N) is 1. The van der Waals surface area contributed by atoms with Crippen LogP contribution in [0.1, 0.15) is 43.2 Å². The molecule has 1 aromatic carbocycles. The van der Waals surface area contributed by atoms with E-state index in [9.17, 15) is 10.1 Å². The van der Waals surface area contributed by atoms with Crippen LogP contribution in [0.5, 0.6) is 11.6 Å². The molecule has 0 saturated heterocycles. The third kappa shape index (κ3) is 1.85. The standard InChI is InChI=1S/C22H21N5O3/c1-10-8-21(3,4)27-17-13(10)6-12(29-5)7-14(17)22(20(27)28)15(9-23)18(24)30-19-16(22)11(2)25-26-19/h6-8H,24H2,1-5H3,(H,25,26). The van der Waals surface area contributed by atoms with Gasteiger partial charge in [0.25, 0.3) is 0 Å². The highest BCUT2D eigenvalue weighted by molar-refractivity contribution is 6.18. The van der Waals surface area contributed by atoms with Crippen LogP contribution in [-0.4, -0.2) is 28.8 Å². The number of nitrogens with one attached hydrogen (secondary N) is 1. The van der Waals surface area contributed by atoms with Gasteiger partial charge in [-0.05, 0) is 45.4 Å². The number of methoxy groups -OCH3 is 1. The van der Waals surface area contributed by atoms with Crippen molar-refractivity contribution in [3.05, 3.63) is 52.0 Å². The van der Waals surface area contributed by atoms with Crippen molar-refractivity contribution in [1.29, 1.82) is 5.26 Å². The number of aryl methyl sites for hydroxylation is 1. The second-order valence-electron chi connectivity index (χ2n) is 8.42. The summed E-state index contributed by atoms with van der Waals surface area (Å²) in [6.07, 6.45) is 2.05. The number of allylic oxidation sites excluding steroid dienone is 1. The highest BCUT2D eigenvalue weighted by Gasteiger charge is 2.63. The van der Waals surface area contributed by atoms with Crippen LogP contribution < -0.4 is 20.1 Å². The van der Waals surface area contributed by atoms with Gasteiger partial charge < -0.3 is 20.1 Å². The van der Waals surface area contributed by atoms with E-state index in [0.29, 0.717) is 22.6 Å². The minimum absolute atomic E-state index is 0.0582. The number of carbonyl (C=O) groups excluding carboxylic acids is 1. The number of carbonyl (C=O) groups is 1. The predicted octanol–water partition coefficient (Wildman–Crippen LogP) is 2.64. The lowest BCUT2D eigenvalue weighted by Gasteiger charge is -2.40. The lowest BCUT2D eigenvalue weighted by molar-refractivity contribution is -0.121. The van der Waals surface area contributed by atoms with Crippen LogP contribution in [0.25, 0.3) is 5.57 Å². The number of rotatable bonds is 1. The third-order valence-electron chi connectivity index (χ3n) is 6.27. The van der Waals surface area contributed by atoms with Crippen LogP contribution in [-0.2, 0) is 10.2 Å². The van der Waals surface area contributed by atoms with Crippen LogP contribution in [0.2, 0.25) is 0 Å². The fraction of sp³-hybridized carbons (Fsp3) is 0.318. The number of benzene rings is 1. The molecule has 3 aliphatic heterocycles. The molecule has 0 radical (unpaired) electrons. The number of amides is 1. The summed E-state index contributed by atoms with van der Waals surface area (Å²) in [5.41, 5.74) is 8.63. The van der Waals surface area contributed by atoms with Gasteiger partial charge in [-0.3, -0.25) is 9.89 Å². The van der Waals surface area contributed by atoms with E-state index in [1.54, 1.807) is 18.9 Å². The van der Waals surface area contributed by atoms with Crippen LogP contribution in [0.15, 0.2) is 29.7 Å². The third-order valence-corrected chi connectivity index (χ3v) is 6.27. The van der Waals surface area contributed by atoms with E-state index in [-0.39, 0.29) is 23.2 Å². The Morgan fingerprint density at radius 2 is 2.07 bits per heavy atom.